The first-order valence-corrected chi connectivity index (χ1v) is 13.4. The summed E-state index contributed by atoms with van der Waals surface area (Å²) in [5, 5.41) is 27.0. The summed E-state index contributed by atoms with van der Waals surface area (Å²) in [6.07, 6.45) is 0.781. The van der Waals surface area contributed by atoms with Crippen LogP contribution in [0.15, 0.2) is 12.4 Å². The predicted molar refractivity (Wildman–Crippen MR) is 128 cm³/mol. The smallest absolute Gasteiger partial charge is 0.388 e. The molecule has 4 saturated carbocycles. The van der Waals surface area contributed by atoms with Gasteiger partial charge in [0.15, 0.2) is 5.69 Å². The number of aliphatic hydroxyl groups excluding tert-OH is 2. The molecule has 37 heavy (non-hydrogen) atoms. The van der Waals surface area contributed by atoms with E-state index in [1.165, 1.54) is 19.3 Å². The Balaban J connectivity index is 1.19. The Bertz CT molecular complexity index is 956. The van der Waals surface area contributed by atoms with E-state index < -0.39 is 36.2 Å². The highest BCUT2D eigenvalue weighted by Crippen LogP contribution is 2.63. The minimum atomic E-state index is -4.65. The molecule has 8 nitrogen and oxygen atoms in total. The second-order valence-electron chi connectivity index (χ2n) is 12.1. The van der Waals surface area contributed by atoms with Crippen LogP contribution in [0, 0.1) is 35.0 Å². The van der Waals surface area contributed by atoms with Crippen LogP contribution >= 0.6 is 0 Å². The lowest BCUT2D eigenvalue weighted by atomic mass is 9.45. The van der Waals surface area contributed by atoms with Crippen LogP contribution < -0.4 is 10.6 Å². The number of carbonyl (C=O) groups is 1. The summed E-state index contributed by atoms with van der Waals surface area (Å²) >= 11 is 0. The molecule has 4 N–H and O–H groups in total. The van der Waals surface area contributed by atoms with Crippen molar-refractivity contribution < 1.29 is 32.9 Å². The average molecular weight is 527 g/mol. The van der Waals surface area contributed by atoms with Crippen molar-refractivity contribution in [1.82, 2.24) is 15.3 Å². The fourth-order valence-electron chi connectivity index (χ4n) is 8.11. The first kappa shape index (κ1) is 26.6. The maximum Gasteiger partial charge on any atom is 0.434 e. The van der Waals surface area contributed by atoms with Gasteiger partial charge in [-0.1, -0.05) is 13.8 Å². The zero-order chi connectivity index (χ0) is 26.5. The number of hydrogen-bond donors (Lipinski definition) is 4. The van der Waals surface area contributed by atoms with Crippen molar-refractivity contribution >= 4 is 11.7 Å². The van der Waals surface area contributed by atoms with Crippen LogP contribution in [-0.2, 0) is 15.7 Å². The summed E-state index contributed by atoms with van der Waals surface area (Å²) in [4.78, 5) is 20.5. The average Bonchev–Trinajstić information content (AvgIpc) is 2.80. The van der Waals surface area contributed by atoms with Crippen LogP contribution in [0.3, 0.4) is 0 Å². The van der Waals surface area contributed by atoms with E-state index in [9.17, 15) is 28.2 Å². The van der Waals surface area contributed by atoms with Gasteiger partial charge in [-0.3, -0.25) is 9.78 Å². The highest BCUT2D eigenvalue weighted by atomic mass is 19.4. The fourth-order valence-corrected chi connectivity index (χ4v) is 8.11. The van der Waals surface area contributed by atoms with Gasteiger partial charge in [0.2, 0.25) is 5.91 Å². The van der Waals surface area contributed by atoms with Crippen LogP contribution in [0.5, 0.6) is 0 Å². The van der Waals surface area contributed by atoms with Gasteiger partial charge in [0.25, 0.3) is 0 Å². The van der Waals surface area contributed by atoms with E-state index in [0.717, 1.165) is 43.2 Å². The zero-order valence-electron chi connectivity index (χ0n) is 21.2. The van der Waals surface area contributed by atoms with E-state index in [1.54, 1.807) is 0 Å². The van der Waals surface area contributed by atoms with Crippen molar-refractivity contribution in [3.05, 3.63) is 18.1 Å². The Morgan fingerprint density at radius 2 is 1.73 bits per heavy atom. The van der Waals surface area contributed by atoms with Gasteiger partial charge in [0.05, 0.1) is 25.0 Å². The molecule has 0 aromatic carbocycles. The normalized spacial score (nSPS) is 38.0. The molecule has 1 amide bonds. The number of nitrogens with one attached hydrogen (secondary N) is 2. The molecule has 5 aliphatic rings. The van der Waals surface area contributed by atoms with Crippen LogP contribution in [0.2, 0.25) is 0 Å². The topological polar surface area (TPSA) is 117 Å². The third kappa shape index (κ3) is 5.31. The van der Waals surface area contributed by atoms with Crippen LogP contribution in [0.25, 0.3) is 0 Å². The second-order valence-corrected chi connectivity index (χ2v) is 12.1. The molecule has 5 fully saturated rings. The summed E-state index contributed by atoms with van der Waals surface area (Å²) < 4.78 is 44.5. The Kier molecular flexibility index (Phi) is 7.17. The van der Waals surface area contributed by atoms with Crippen LogP contribution in [0.1, 0.15) is 58.1 Å². The molecule has 2 heterocycles. The maximum absolute atomic E-state index is 13.5. The lowest BCUT2D eigenvalue weighted by Gasteiger charge is -2.59. The molecular formula is C26H37F3N4O4. The predicted octanol–water partition coefficient (Wildman–Crippen LogP) is 3.00. The van der Waals surface area contributed by atoms with E-state index >= 15 is 0 Å². The Labute approximate surface area is 214 Å². The Morgan fingerprint density at radius 3 is 2.30 bits per heavy atom. The van der Waals surface area contributed by atoms with Crippen molar-refractivity contribution in [3.8, 4) is 0 Å². The number of halogens is 3. The molecule has 11 heteroatoms. The first-order chi connectivity index (χ1) is 17.4. The lowest BCUT2D eigenvalue weighted by Crippen LogP contribution is -2.59. The monoisotopic (exact) mass is 526 g/mol. The molecule has 4 aliphatic carbocycles. The molecule has 1 aliphatic heterocycles. The number of rotatable bonds is 7. The third-order valence-corrected chi connectivity index (χ3v) is 9.06. The molecule has 5 atom stereocenters. The van der Waals surface area contributed by atoms with Gasteiger partial charge in [0.1, 0.15) is 24.1 Å². The molecule has 6 rings (SSSR count). The van der Waals surface area contributed by atoms with E-state index in [0.29, 0.717) is 6.20 Å². The van der Waals surface area contributed by atoms with E-state index in [1.807, 2.05) is 0 Å². The number of anilines is 1. The Hall–Kier alpha value is -1.98. The summed E-state index contributed by atoms with van der Waals surface area (Å²) in [6, 6.07) is -0.893. The molecule has 1 saturated heterocycles. The number of ether oxygens (including phenoxy) is 1. The summed E-state index contributed by atoms with van der Waals surface area (Å²) in [5.74, 6) is 2.04. The summed E-state index contributed by atoms with van der Waals surface area (Å²) in [6.45, 7) is 4.17. The van der Waals surface area contributed by atoms with Gasteiger partial charge in [0, 0.05) is 12.5 Å². The lowest BCUT2D eigenvalue weighted by molar-refractivity contribution is -0.152. The maximum atomic E-state index is 13.5. The molecular weight excluding hydrogens is 489 g/mol. The van der Waals surface area contributed by atoms with Gasteiger partial charge < -0.3 is 25.6 Å². The molecule has 1 aromatic rings. The van der Waals surface area contributed by atoms with E-state index in [-0.39, 0.29) is 42.1 Å². The van der Waals surface area contributed by atoms with Crippen molar-refractivity contribution in [2.24, 2.45) is 35.0 Å². The van der Waals surface area contributed by atoms with Gasteiger partial charge in [-0.05, 0) is 67.6 Å². The largest absolute Gasteiger partial charge is 0.434 e. The van der Waals surface area contributed by atoms with Crippen molar-refractivity contribution in [2.75, 3.05) is 18.5 Å². The van der Waals surface area contributed by atoms with Crippen LogP contribution in [-0.4, -0.2) is 63.6 Å². The number of nitrogens with zero attached hydrogens (tertiary/aromatic N) is 2. The Morgan fingerprint density at radius 1 is 1.11 bits per heavy atom. The summed E-state index contributed by atoms with van der Waals surface area (Å²) in [5.41, 5.74) is -1.12. The van der Waals surface area contributed by atoms with Gasteiger partial charge in [-0.25, -0.2) is 4.98 Å². The van der Waals surface area contributed by atoms with Crippen molar-refractivity contribution in [3.63, 3.8) is 0 Å². The SMILES string of the molecule is CC(C)C(C(=O)NC[C@H]1OC[C@H](Nc2cncc(C(F)(F)F)n2)[C@@H](O)[C@H]1O)C12CC3CC(CC(C3)C1)C2. The number of amides is 1. The minimum Gasteiger partial charge on any atom is -0.388 e. The standard InChI is InChI=1S/C26H37F3N4O4/c1-13(2)21(25-6-14-3-15(7-25)5-16(4-14)8-25)24(36)31-9-18-23(35)22(34)17(12-37-18)32-20-11-30-10-19(33-20)26(27,28)29/h10-11,13-18,21-23,34-35H,3-9,12H2,1-2H3,(H,31,36)(H,32,33)/t14?,15?,16?,17-,18+,21?,22+,23-,25?/m0/s1. The highest BCUT2D eigenvalue weighted by molar-refractivity contribution is 5.80. The van der Waals surface area contributed by atoms with Gasteiger partial charge >= 0.3 is 6.18 Å². The van der Waals surface area contributed by atoms with Crippen molar-refractivity contribution in [2.45, 2.75) is 82.9 Å². The number of carbonyl (C=O) groups excluding carboxylic acids is 1. The quantitative estimate of drug-likeness (QED) is 0.432. The highest BCUT2D eigenvalue weighted by Gasteiger charge is 2.56. The third-order valence-electron chi connectivity index (χ3n) is 9.06. The molecule has 206 valence electrons. The van der Waals surface area contributed by atoms with E-state index in [4.69, 9.17) is 4.74 Å². The number of alkyl halides is 3. The molecule has 0 spiro atoms. The zero-order valence-corrected chi connectivity index (χ0v) is 21.2. The first-order valence-electron chi connectivity index (χ1n) is 13.4. The second kappa shape index (κ2) is 9.96. The fraction of sp³-hybridized carbons (Fsp3) is 0.808. The summed E-state index contributed by atoms with van der Waals surface area (Å²) in [7, 11) is 0. The molecule has 0 radical (unpaired) electrons. The van der Waals surface area contributed by atoms with E-state index in [2.05, 4.69) is 34.4 Å². The molecule has 1 unspecified atom stereocenters. The number of aliphatic hydroxyl groups is 2. The van der Waals surface area contributed by atoms with Crippen molar-refractivity contribution in [1.29, 1.82) is 0 Å². The minimum absolute atomic E-state index is 0.0262. The van der Waals surface area contributed by atoms with Gasteiger partial charge in [-0.2, -0.15) is 13.2 Å². The number of hydrogen-bond acceptors (Lipinski definition) is 7. The van der Waals surface area contributed by atoms with Gasteiger partial charge in [-0.15, -0.1) is 0 Å². The van der Waals surface area contributed by atoms with Crippen LogP contribution in [0.4, 0.5) is 19.0 Å². The molecule has 4 bridgehead atoms. The number of aromatic nitrogens is 2. The molecule has 1 aromatic heterocycles.